The summed E-state index contributed by atoms with van der Waals surface area (Å²) in [6.07, 6.45) is 6.30. The summed E-state index contributed by atoms with van der Waals surface area (Å²) < 4.78 is 0. The second-order valence-corrected chi connectivity index (χ2v) is 5.20. The molecule has 0 saturated heterocycles. The van der Waals surface area contributed by atoms with Crippen molar-refractivity contribution in [2.45, 2.75) is 20.3 Å². The number of nitrogens with zero attached hydrogens (tertiary/aromatic N) is 1. The van der Waals surface area contributed by atoms with E-state index in [0.29, 0.717) is 12.5 Å². The van der Waals surface area contributed by atoms with Gasteiger partial charge in [0, 0.05) is 18.0 Å². The molecule has 1 unspecified atom stereocenters. The normalized spacial score (nSPS) is 12.8. The van der Waals surface area contributed by atoms with E-state index < -0.39 is 0 Å². The number of terminal acetylenes is 1. The lowest BCUT2D eigenvalue weighted by Gasteiger charge is -2.11. The standard InChI is InChI=1S/C14H21N3S/c1-4-8-16-14(15-5-2)17-11-12(3)10-13-7-6-9-18-13/h1,6-7,9,12H,5,8,10-11H2,2-3H3,(H2,15,16,17). The average molecular weight is 263 g/mol. The maximum atomic E-state index is 5.23. The zero-order valence-corrected chi connectivity index (χ0v) is 11.9. The van der Waals surface area contributed by atoms with E-state index >= 15 is 0 Å². The Hall–Kier alpha value is -1.47. The van der Waals surface area contributed by atoms with Crippen molar-refractivity contribution in [1.29, 1.82) is 0 Å². The van der Waals surface area contributed by atoms with Crippen molar-refractivity contribution in [2.75, 3.05) is 19.6 Å². The lowest BCUT2D eigenvalue weighted by molar-refractivity contribution is 0.595. The Balaban J connectivity index is 2.40. The van der Waals surface area contributed by atoms with Crippen LogP contribution >= 0.6 is 11.3 Å². The fourth-order valence-corrected chi connectivity index (χ4v) is 2.43. The van der Waals surface area contributed by atoms with Crippen LogP contribution in [0.4, 0.5) is 0 Å². The van der Waals surface area contributed by atoms with Crippen molar-refractivity contribution in [2.24, 2.45) is 10.9 Å². The van der Waals surface area contributed by atoms with Gasteiger partial charge in [0.15, 0.2) is 5.96 Å². The third-order valence-electron chi connectivity index (χ3n) is 2.39. The van der Waals surface area contributed by atoms with Crippen LogP contribution < -0.4 is 10.6 Å². The van der Waals surface area contributed by atoms with Crippen LogP contribution in [0.3, 0.4) is 0 Å². The summed E-state index contributed by atoms with van der Waals surface area (Å²) in [5.41, 5.74) is 0. The van der Waals surface area contributed by atoms with Crippen LogP contribution in [0.1, 0.15) is 18.7 Å². The van der Waals surface area contributed by atoms with E-state index in [9.17, 15) is 0 Å². The molecule has 0 radical (unpaired) electrons. The van der Waals surface area contributed by atoms with Gasteiger partial charge in [-0.2, -0.15) is 0 Å². The van der Waals surface area contributed by atoms with E-state index in [0.717, 1.165) is 25.5 Å². The summed E-state index contributed by atoms with van der Waals surface area (Å²) in [6.45, 7) is 6.41. The lowest BCUT2D eigenvalue weighted by Crippen LogP contribution is -2.37. The Morgan fingerprint density at radius 2 is 2.39 bits per heavy atom. The summed E-state index contributed by atoms with van der Waals surface area (Å²) in [5.74, 6) is 3.88. The van der Waals surface area contributed by atoms with Crippen molar-refractivity contribution >= 4 is 17.3 Å². The fraction of sp³-hybridized carbons (Fsp3) is 0.500. The molecule has 3 nitrogen and oxygen atoms in total. The van der Waals surface area contributed by atoms with Gasteiger partial charge in [-0.3, -0.25) is 4.99 Å². The number of hydrogen-bond donors (Lipinski definition) is 2. The van der Waals surface area contributed by atoms with Gasteiger partial charge in [-0.05, 0) is 30.7 Å². The van der Waals surface area contributed by atoms with E-state index in [1.807, 2.05) is 6.92 Å². The molecule has 0 spiro atoms. The number of nitrogens with one attached hydrogen (secondary N) is 2. The number of aliphatic imine (C=N–C) groups is 1. The van der Waals surface area contributed by atoms with E-state index in [4.69, 9.17) is 6.42 Å². The number of guanidine groups is 1. The molecule has 1 aromatic rings. The van der Waals surface area contributed by atoms with Crippen LogP contribution in [0.25, 0.3) is 0 Å². The zero-order chi connectivity index (χ0) is 13.2. The summed E-state index contributed by atoms with van der Waals surface area (Å²) in [6, 6.07) is 4.27. The predicted molar refractivity (Wildman–Crippen MR) is 80.0 cm³/mol. The van der Waals surface area contributed by atoms with Gasteiger partial charge in [-0.1, -0.05) is 18.9 Å². The molecule has 0 aliphatic rings. The minimum Gasteiger partial charge on any atom is -0.357 e. The number of hydrogen-bond acceptors (Lipinski definition) is 2. The van der Waals surface area contributed by atoms with E-state index in [2.05, 4.69) is 46.0 Å². The van der Waals surface area contributed by atoms with Crippen molar-refractivity contribution < 1.29 is 0 Å². The molecule has 98 valence electrons. The van der Waals surface area contributed by atoms with Crippen LogP contribution in [0.5, 0.6) is 0 Å². The SMILES string of the molecule is C#CCNC(=NCC(C)Cc1cccs1)NCC. The highest BCUT2D eigenvalue weighted by Gasteiger charge is 2.04. The molecule has 0 aliphatic heterocycles. The minimum atomic E-state index is 0.505. The molecule has 18 heavy (non-hydrogen) atoms. The molecule has 1 rings (SSSR count). The third-order valence-corrected chi connectivity index (χ3v) is 3.29. The third kappa shape index (κ3) is 5.74. The highest BCUT2D eigenvalue weighted by atomic mass is 32.1. The van der Waals surface area contributed by atoms with Gasteiger partial charge < -0.3 is 10.6 Å². The topological polar surface area (TPSA) is 36.4 Å². The molecule has 4 heteroatoms. The van der Waals surface area contributed by atoms with Crippen LogP contribution in [-0.4, -0.2) is 25.6 Å². The quantitative estimate of drug-likeness (QED) is 0.468. The molecule has 2 N–H and O–H groups in total. The van der Waals surface area contributed by atoms with Gasteiger partial charge in [-0.15, -0.1) is 17.8 Å². The minimum absolute atomic E-state index is 0.505. The Kier molecular flexibility index (Phi) is 6.97. The van der Waals surface area contributed by atoms with Crippen molar-refractivity contribution in [3.63, 3.8) is 0 Å². The van der Waals surface area contributed by atoms with Gasteiger partial charge in [-0.25, -0.2) is 0 Å². The highest BCUT2D eigenvalue weighted by molar-refractivity contribution is 7.09. The number of rotatable bonds is 6. The van der Waals surface area contributed by atoms with Crippen molar-refractivity contribution in [1.82, 2.24) is 10.6 Å². The Bertz CT molecular complexity index is 390. The summed E-state index contributed by atoms with van der Waals surface area (Å²) in [5, 5.41) is 8.38. The van der Waals surface area contributed by atoms with Gasteiger partial charge in [0.25, 0.3) is 0 Å². The second kappa shape index (κ2) is 8.60. The predicted octanol–water partition coefficient (Wildman–Crippen LogP) is 2.11. The molecule has 0 bridgehead atoms. The van der Waals surface area contributed by atoms with Gasteiger partial charge in [0.1, 0.15) is 0 Å². The Morgan fingerprint density at radius 3 is 3.00 bits per heavy atom. The molecule has 0 amide bonds. The first kappa shape index (κ1) is 14.6. The van der Waals surface area contributed by atoms with Crippen LogP contribution in [0, 0.1) is 18.3 Å². The summed E-state index contributed by atoms with van der Waals surface area (Å²) in [7, 11) is 0. The zero-order valence-electron chi connectivity index (χ0n) is 11.1. The molecule has 0 fully saturated rings. The molecule has 1 atom stereocenters. The van der Waals surface area contributed by atoms with Crippen LogP contribution in [0.15, 0.2) is 22.5 Å². The summed E-state index contributed by atoms with van der Waals surface area (Å²) in [4.78, 5) is 5.95. The van der Waals surface area contributed by atoms with Gasteiger partial charge in [0.05, 0.1) is 6.54 Å². The molecular formula is C14H21N3S. The monoisotopic (exact) mass is 263 g/mol. The van der Waals surface area contributed by atoms with Crippen molar-refractivity contribution in [3.05, 3.63) is 22.4 Å². The average Bonchev–Trinajstić information content (AvgIpc) is 2.85. The Labute approximate surface area is 114 Å². The number of thiophene rings is 1. The molecule has 0 saturated carbocycles. The smallest absolute Gasteiger partial charge is 0.192 e. The molecular weight excluding hydrogens is 242 g/mol. The van der Waals surface area contributed by atoms with E-state index in [1.54, 1.807) is 11.3 Å². The van der Waals surface area contributed by atoms with Crippen molar-refractivity contribution in [3.8, 4) is 12.3 Å². The first-order chi connectivity index (χ1) is 8.76. The molecule has 0 aromatic carbocycles. The van der Waals surface area contributed by atoms with Gasteiger partial charge >= 0.3 is 0 Å². The molecule has 1 heterocycles. The first-order valence-corrected chi connectivity index (χ1v) is 7.12. The van der Waals surface area contributed by atoms with Gasteiger partial charge in [0.2, 0.25) is 0 Å². The maximum absolute atomic E-state index is 5.23. The Morgan fingerprint density at radius 1 is 1.56 bits per heavy atom. The fourth-order valence-electron chi connectivity index (χ4n) is 1.56. The molecule has 1 aromatic heterocycles. The highest BCUT2D eigenvalue weighted by Crippen LogP contribution is 2.14. The lowest BCUT2D eigenvalue weighted by atomic mass is 10.1. The first-order valence-electron chi connectivity index (χ1n) is 6.24. The molecule has 0 aliphatic carbocycles. The van der Waals surface area contributed by atoms with E-state index in [1.165, 1.54) is 4.88 Å². The summed E-state index contributed by atoms with van der Waals surface area (Å²) >= 11 is 1.80. The largest absolute Gasteiger partial charge is 0.357 e. The van der Waals surface area contributed by atoms with E-state index in [-0.39, 0.29) is 0 Å². The maximum Gasteiger partial charge on any atom is 0.192 e. The van der Waals surface area contributed by atoms with Crippen LogP contribution in [-0.2, 0) is 6.42 Å². The van der Waals surface area contributed by atoms with Crippen LogP contribution in [0.2, 0.25) is 0 Å². The second-order valence-electron chi connectivity index (χ2n) is 4.17.